The molecular weight excluding hydrogens is 308 g/mol. The van der Waals surface area contributed by atoms with Crippen LogP contribution in [0.4, 0.5) is 15.5 Å². The molecule has 8 nitrogen and oxygen atoms in total. The average molecular weight is 328 g/mol. The van der Waals surface area contributed by atoms with E-state index in [1.165, 1.54) is 6.20 Å². The van der Waals surface area contributed by atoms with E-state index in [9.17, 15) is 14.9 Å². The number of anilines is 1. The van der Waals surface area contributed by atoms with Crippen molar-refractivity contribution >= 4 is 28.3 Å². The molecule has 0 bridgehead atoms. The molecule has 0 unspecified atom stereocenters. The largest absolute Gasteiger partial charge is 0.444 e. The third-order valence-electron chi connectivity index (χ3n) is 3.16. The van der Waals surface area contributed by atoms with Crippen molar-refractivity contribution in [2.75, 3.05) is 18.0 Å². The smallest absolute Gasteiger partial charge is 0.407 e. The normalized spacial score (nSPS) is 18.9. The number of hydrogen-bond acceptors (Lipinski definition) is 7. The molecular formula is C13H20N4O4S. The Balaban J connectivity index is 1.99. The van der Waals surface area contributed by atoms with E-state index in [0.29, 0.717) is 11.5 Å². The van der Waals surface area contributed by atoms with Gasteiger partial charge in [0.1, 0.15) is 11.8 Å². The van der Waals surface area contributed by atoms with E-state index in [4.69, 9.17) is 4.74 Å². The fourth-order valence-corrected chi connectivity index (χ4v) is 3.08. The first-order chi connectivity index (χ1) is 10.3. The second kappa shape index (κ2) is 6.47. The molecule has 0 aliphatic carbocycles. The van der Waals surface area contributed by atoms with E-state index in [1.807, 2.05) is 4.90 Å². The van der Waals surface area contributed by atoms with E-state index in [2.05, 4.69) is 9.69 Å². The van der Waals surface area contributed by atoms with Gasteiger partial charge in [-0.2, -0.15) is 4.37 Å². The topological polar surface area (TPSA) is 97.6 Å². The van der Waals surface area contributed by atoms with Gasteiger partial charge in [-0.3, -0.25) is 10.1 Å². The quantitative estimate of drug-likeness (QED) is 0.676. The third kappa shape index (κ3) is 4.30. The van der Waals surface area contributed by atoms with Crippen molar-refractivity contribution in [2.24, 2.45) is 0 Å². The monoisotopic (exact) mass is 328 g/mol. The van der Waals surface area contributed by atoms with Crippen LogP contribution in [0.15, 0.2) is 6.20 Å². The summed E-state index contributed by atoms with van der Waals surface area (Å²) in [6, 6.07) is -0.0923. The van der Waals surface area contributed by atoms with Crippen LogP contribution < -0.4 is 10.2 Å². The van der Waals surface area contributed by atoms with E-state index in [0.717, 1.165) is 30.9 Å². The molecule has 0 aromatic carbocycles. The van der Waals surface area contributed by atoms with Gasteiger partial charge in [-0.1, -0.05) is 0 Å². The number of ether oxygens (including phenoxy) is 1. The van der Waals surface area contributed by atoms with Gasteiger partial charge in [-0.05, 0) is 45.1 Å². The molecule has 1 saturated heterocycles. The molecule has 1 fully saturated rings. The maximum atomic E-state index is 11.8. The molecule has 1 atom stereocenters. The van der Waals surface area contributed by atoms with Gasteiger partial charge in [-0.15, -0.1) is 0 Å². The Morgan fingerprint density at radius 1 is 1.59 bits per heavy atom. The summed E-state index contributed by atoms with van der Waals surface area (Å²) in [6.07, 6.45) is 2.47. The van der Waals surface area contributed by atoms with E-state index >= 15 is 0 Å². The number of nitrogens with one attached hydrogen (secondary N) is 1. The molecule has 1 aromatic rings. The zero-order chi connectivity index (χ0) is 16.3. The van der Waals surface area contributed by atoms with Gasteiger partial charge in [-0.25, -0.2) is 4.79 Å². The Hall–Kier alpha value is -1.90. The highest BCUT2D eigenvalue weighted by molar-refractivity contribution is 7.10. The number of rotatable bonds is 3. The van der Waals surface area contributed by atoms with Gasteiger partial charge < -0.3 is 15.0 Å². The molecule has 0 spiro atoms. The van der Waals surface area contributed by atoms with Gasteiger partial charge in [0.2, 0.25) is 0 Å². The first kappa shape index (κ1) is 16.5. The molecule has 1 N–H and O–H groups in total. The summed E-state index contributed by atoms with van der Waals surface area (Å²) in [4.78, 5) is 24.3. The zero-order valence-electron chi connectivity index (χ0n) is 12.9. The lowest BCUT2D eigenvalue weighted by molar-refractivity contribution is -0.383. The standard InChI is InChI=1S/C13H20N4O4S/c1-13(2,3)21-12(18)15-9-5-4-6-16(8-9)11-10(17(19)20)7-14-22-11/h7,9H,4-6,8H2,1-3H3,(H,15,18)/t9-/m0/s1. The molecule has 0 radical (unpaired) electrons. The van der Waals surface area contributed by atoms with Gasteiger partial charge >= 0.3 is 11.8 Å². The van der Waals surface area contributed by atoms with Crippen LogP contribution in [0.25, 0.3) is 0 Å². The molecule has 22 heavy (non-hydrogen) atoms. The van der Waals surface area contributed by atoms with Crippen molar-refractivity contribution in [3.05, 3.63) is 16.3 Å². The van der Waals surface area contributed by atoms with Crippen LogP contribution in [0.1, 0.15) is 33.6 Å². The fraction of sp³-hybridized carbons (Fsp3) is 0.692. The summed E-state index contributed by atoms with van der Waals surface area (Å²) in [7, 11) is 0. The SMILES string of the molecule is CC(C)(C)OC(=O)N[C@H]1CCCN(c2sncc2[N+](=O)[O-])C1. The number of carbonyl (C=O) groups is 1. The number of amides is 1. The maximum absolute atomic E-state index is 11.8. The summed E-state index contributed by atoms with van der Waals surface area (Å²) < 4.78 is 9.14. The number of aromatic nitrogens is 1. The van der Waals surface area contributed by atoms with Crippen molar-refractivity contribution in [1.82, 2.24) is 9.69 Å². The summed E-state index contributed by atoms with van der Waals surface area (Å²) in [5.74, 6) is 0. The molecule has 1 amide bonds. The molecule has 122 valence electrons. The zero-order valence-corrected chi connectivity index (χ0v) is 13.7. The first-order valence-electron chi connectivity index (χ1n) is 7.10. The first-order valence-corrected chi connectivity index (χ1v) is 7.87. The number of nitrogens with zero attached hydrogens (tertiary/aromatic N) is 3. The van der Waals surface area contributed by atoms with Gasteiger partial charge in [0.15, 0.2) is 5.00 Å². The molecule has 1 aliphatic heterocycles. The summed E-state index contributed by atoms with van der Waals surface area (Å²) in [6.45, 7) is 6.65. The summed E-state index contributed by atoms with van der Waals surface area (Å²) in [5, 5.41) is 14.4. The number of hydrogen-bond donors (Lipinski definition) is 1. The van der Waals surface area contributed by atoms with Crippen LogP contribution >= 0.6 is 11.5 Å². The fourth-order valence-electron chi connectivity index (χ4n) is 2.33. The molecule has 2 heterocycles. The van der Waals surface area contributed by atoms with E-state index in [-0.39, 0.29) is 11.7 Å². The number of piperidine rings is 1. The molecule has 1 aliphatic rings. The highest BCUT2D eigenvalue weighted by atomic mass is 32.1. The minimum atomic E-state index is -0.547. The molecule has 1 aromatic heterocycles. The number of carbonyl (C=O) groups excluding carboxylic acids is 1. The van der Waals surface area contributed by atoms with Crippen molar-refractivity contribution < 1.29 is 14.5 Å². The summed E-state index contributed by atoms with van der Waals surface area (Å²) >= 11 is 1.11. The van der Waals surface area contributed by atoms with Crippen LogP contribution in [-0.4, -0.2) is 40.1 Å². The van der Waals surface area contributed by atoms with E-state index in [1.54, 1.807) is 20.8 Å². The van der Waals surface area contributed by atoms with Crippen LogP contribution in [0.5, 0.6) is 0 Å². The average Bonchev–Trinajstić information content (AvgIpc) is 2.85. The highest BCUT2D eigenvalue weighted by Crippen LogP contribution is 2.33. The predicted molar refractivity (Wildman–Crippen MR) is 83.4 cm³/mol. The Bertz CT molecular complexity index is 554. The van der Waals surface area contributed by atoms with Crippen LogP contribution in [0, 0.1) is 10.1 Å². The van der Waals surface area contributed by atoms with Crippen molar-refractivity contribution in [1.29, 1.82) is 0 Å². The minimum absolute atomic E-state index is 0.0166. The van der Waals surface area contributed by atoms with E-state index < -0.39 is 16.6 Å². The lowest BCUT2D eigenvalue weighted by atomic mass is 10.1. The lowest BCUT2D eigenvalue weighted by Crippen LogP contribution is -2.48. The second-order valence-corrected chi connectivity index (χ2v) is 6.98. The number of nitro groups is 1. The molecule has 0 saturated carbocycles. The van der Waals surface area contributed by atoms with Crippen molar-refractivity contribution in [3.63, 3.8) is 0 Å². The predicted octanol–water partition coefficient (Wildman–Crippen LogP) is 2.54. The van der Waals surface area contributed by atoms with Gasteiger partial charge in [0.05, 0.1) is 4.92 Å². The van der Waals surface area contributed by atoms with Crippen LogP contribution in [-0.2, 0) is 4.74 Å². The molecule has 9 heteroatoms. The Morgan fingerprint density at radius 2 is 2.32 bits per heavy atom. The van der Waals surface area contributed by atoms with Crippen LogP contribution in [0.3, 0.4) is 0 Å². The maximum Gasteiger partial charge on any atom is 0.407 e. The van der Waals surface area contributed by atoms with Gasteiger partial charge in [0.25, 0.3) is 0 Å². The number of alkyl carbamates (subject to hydrolysis) is 1. The van der Waals surface area contributed by atoms with Gasteiger partial charge in [0, 0.05) is 19.1 Å². The second-order valence-electron chi connectivity index (χ2n) is 6.20. The Morgan fingerprint density at radius 3 is 2.95 bits per heavy atom. The highest BCUT2D eigenvalue weighted by Gasteiger charge is 2.29. The van der Waals surface area contributed by atoms with Crippen molar-refractivity contribution in [3.8, 4) is 0 Å². The summed E-state index contributed by atoms with van der Waals surface area (Å²) in [5.41, 5.74) is -0.530. The lowest BCUT2D eigenvalue weighted by Gasteiger charge is -2.33. The molecule has 2 rings (SSSR count). The van der Waals surface area contributed by atoms with Crippen molar-refractivity contribution in [2.45, 2.75) is 45.3 Å². The minimum Gasteiger partial charge on any atom is -0.444 e. The Labute approximate surface area is 132 Å². The van der Waals surface area contributed by atoms with Crippen LogP contribution in [0.2, 0.25) is 0 Å². The third-order valence-corrected chi connectivity index (χ3v) is 4.01. The Kier molecular flexibility index (Phi) is 4.84.